The third-order valence-corrected chi connectivity index (χ3v) is 3.33. The molecule has 0 aliphatic carbocycles. The maximum atomic E-state index is 11.9. The van der Waals surface area contributed by atoms with Crippen molar-refractivity contribution < 1.29 is 24.9 Å². The summed E-state index contributed by atoms with van der Waals surface area (Å²) in [6, 6.07) is -0.889. The number of carbonyl (C=O) groups is 1. The normalized spacial score (nSPS) is 31.7. The van der Waals surface area contributed by atoms with Crippen LogP contribution in [0.5, 0.6) is 0 Å². The fourth-order valence-corrected chi connectivity index (χ4v) is 2.28. The van der Waals surface area contributed by atoms with Crippen molar-refractivity contribution in [2.24, 2.45) is 5.73 Å². The van der Waals surface area contributed by atoms with Crippen LogP contribution in [0.3, 0.4) is 0 Å². The molecule has 1 aromatic rings. The van der Waals surface area contributed by atoms with Gasteiger partial charge >= 0.3 is 11.7 Å². The Labute approximate surface area is 124 Å². The minimum absolute atomic E-state index is 0.0178. The first-order chi connectivity index (χ1) is 10.3. The first-order valence-corrected chi connectivity index (χ1v) is 6.38. The van der Waals surface area contributed by atoms with E-state index in [4.69, 9.17) is 16.2 Å². The topological polar surface area (TPSA) is 186 Å². The van der Waals surface area contributed by atoms with E-state index < -0.39 is 48.9 Å². The van der Waals surface area contributed by atoms with Gasteiger partial charge in [-0.05, 0) is 6.07 Å². The fraction of sp³-hybridized carbons (Fsp3) is 0.545. The summed E-state index contributed by atoms with van der Waals surface area (Å²) in [4.78, 5) is 26.5. The number of nitrogens with zero attached hydrogens (tertiary/aromatic N) is 2. The average molecular weight is 315 g/mol. The van der Waals surface area contributed by atoms with Crippen LogP contribution in [0.15, 0.2) is 17.1 Å². The molecule has 5 unspecified atom stereocenters. The molecule has 11 heteroatoms. The van der Waals surface area contributed by atoms with Crippen molar-refractivity contribution in [1.82, 2.24) is 14.9 Å². The number of nitrogens with two attached hydrogens (primary N) is 2. The monoisotopic (exact) mass is 315 g/mol. The summed E-state index contributed by atoms with van der Waals surface area (Å²) in [7, 11) is 0. The zero-order valence-corrected chi connectivity index (χ0v) is 11.4. The highest BCUT2D eigenvalue weighted by Crippen LogP contribution is 2.27. The second-order valence-electron chi connectivity index (χ2n) is 4.81. The quantitative estimate of drug-likeness (QED) is 0.331. The van der Waals surface area contributed by atoms with Crippen LogP contribution >= 0.6 is 0 Å². The summed E-state index contributed by atoms with van der Waals surface area (Å²) in [5.41, 5.74) is 9.63. The molecule has 5 atom stereocenters. The van der Waals surface area contributed by atoms with Gasteiger partial charge in [-0.3, -0.25) is 4.57 Å². The van der Waals surface area contributed by atoms with Gasteiger partial charge in [-0.1, -0.05) is 0 Å². The van der Waals surface area contributed by atoms with Crippen molar-refractivity contribution >= 4 is 11.8 Å². The van der Waals surface area contributed by atoms with Crippen LogP contribution in [-0.4, -0.2) is 61.9 Å². The second-order valence-corrected chi connectivity index (χ2v) is 4.81. The summed E-state index contributed by atoms with van der Waals surface area (Å²) in [5, 5.41) is 31.3. The van der Waals surface area contributed by atoms with Crippen molar-refractivity contribution in [2.45, 2.75) is 30.6 Å². The Morgan fingerprint density at radius 3 is 2.68 bits per heavy atom. The Hall–Kier alpha value is -2.21. The van der Waals surface area contributed by atoms with E-state index in [1.54, 1.807) is 0 Å². The number of aromatic nitrogens is 2. The van der Waals surface area contributed by atoms with Crippen molar-refractivity contribution in [3.8, 4) is 0 Å². The van der Waals surface area contributed by atoms with Crippen LogP contribution in [-0.2, 0) is 4.74 Å². The first-order valence-electron chi connectivity index (χ1n) is 6.38. The lowest BCUT2D eigenvalue weighted by atomic mass is 9.96. The molecule has 0 bridgehead atoms. The fourth-order valence-electron chi connectivity index (χ4n) is 2.28. The highest BCUT2D eigenvalue weighted by Gasteiger charge is 2.46. The first kappa shape index (κ1) is 16.2. The number of anilines is 1. The molecule has 0 radical (unpaired) electrons. The lowest BCUT2D eigenvalue weighted by Crippen LogP contribution is -2.63. The molecule has 1 aromatic heterocycles. The van der Waals surface area contributed by atoms with Crippen LogP contribution < -0.4 is 22.5 Å². The number of aliphatic hydroxyl groups is 3. The van der Waals surface area contributed by atoms with E-state index >= 15 is 0 Å². The largest absolute Gasteiger partial charge is 0.394 e. The smallest absolute Gasteiger partial charge is 0.351 e. The summed E-state index contributed by atoms with van der Waals surface area (Å²) in [5.74, 6) is -0.0178. The van der Waals surface area contributed by atoms with Gasteiger partial charge in [-0.15, -0.1) is 0 Å². The van der Waals surface area contributed by atoms with E-state index in [2.05, 4.69) is 10.3 Å². The molecule has 2 heterocycles. The number of hydrogen-bond acceptors (Lipinski definition) is 8. The third-order valence-electron chi connectivity index (χ3n) is 3.33. The van der Waals surface area contributed by atoms with Crippen LogP contribution in [0.4, 0.5) is 10.6 Å². The molecule has 0 aromatic carbocycles. The predicted octanol–water partition coefficient (Wildman–Crippen LogP) is -3.53. The number of rotatable bonds is 3. The molecule has 2 amide bonds. The molecule has 1 saturated heterocycles. The van der Waals surface area contributed by atoms with Gasteiger partial charge in [0.15, 0.2) is 6.23 Å². The van der Waals surface area contributed by atoms with Crippen molar-refractivity contribution in [3.05, 3.63) is 22.7 Å². The molecule has 1 fully saturated rings. The predicted molar refractivity (Wildman–Crippen MR) is 72.4 cm³/mol. The molecule has 122 valence electrons. The second kappa shape index (κ2) is 6.27. The zero-order chi connectivity index (χ0) is 16.4. The number of primary amides is 1. The zero-order valence-electron chi connectivity index (χ0n) is 11.4. The molecule has 0 saturated carbocycles. The maximum absolute atomic E-state index is 11.9. The van der Waals surface area contributed by atoms with E-state index in [1.165, 1.54) is 12.3 Å². The van der Waals surface area contributed by atoms with Crippen molar-refractivity contribution in [3.63, 3.8) is 0 Å². The summed E-state index contributed by atoms with van der Waals surface area (Å²) in [6.45, 7) is -0.602. The van der Waals surface area contributed by atoms with Gasteiger partial charge in [0, 0.05) is 6.20 Å². The maximum Gasteiger partial charge on any atom is 0.351 e. The average Bonchev–Trinajstić information content (AvgIpc) is 2.45. The molecule has 1 aliphatic rings. The van der Waals surface area contributed by atoms with Crippen LogP contribution in [0.1, 0.15) is 6.23 Å². The lowest BCUT2D eigenvalue weighted by Gasteiger charge is -2.42. The van der Waals surface area contributed by atoms with Gasteiger partial charge in [0.2, 0.25) is 0 Å². The van der Waals surface area contributed by atoms with E-state index in [0.717, 1.165) is 4.57 Å². The molecular weight excluding hydrogens is 298 g/mol. The summed E-state index contributed by atoms with van der Waals surface area (Å²) < 4.78 is 6.36. The van der Waals surface area contributed by atoms with Gasteiger partial charge < -0.3 is 36.8 Å². The minimum Gasteiger partial charge on any atom is -0.394 e. The third kappa shape index (κ3) is 3.01. The number of ether oxygens (including phenoxy) is 1. The number of amides is 2. The highest BCUT2D eigenvalue weighted by atomic mass is 16.5. The van der Waals surface area contributed by atoms with E-state index in [-0.39, 0.29) is 5.82 Å². The standard InChI is InChI=1S/C11H17N5O6/c12-5-1-2-16(11(21)14-5)9-6(15-10(13)20)8(19)7(18)4(3-17)22-9/h1-2,4,6-9,17-19H,3H2,(H2,12,14,21)(H3,13,15,20). The van der Waals surface area contributed by atoms with E-state index in [1.807, 2.05) is 0 Å². The van der Waals surface area contributed by atoms with Gasteiger partial charge in [-0.25, -0.2) is 9.59 Å². The minimum atomic E-state index is -1.52. The van der Waals surface area contributed by atoms with Gasteiger partial charge in [-0.2, -0.15) is 4.98 Å². The molecule has 11 nitrogen and oxygen atoms in total. The van der Waals surface area contributed by atoms with Crippen molar-refractivity contribution in [1.29, 1.82) is 0 Å². The number of aliphatic hydroxyl groups excluding tert-OH is 3. The Morgan fingerprint density at radius 2 is 2.14 bits per heavy atom. The lowest BCUT2D eigenvalue weighted by molar-refractivity contribution is -0.215. The Kier molecular flexibility index (Phi) is 4.61. The van der Waals surface area contributed by atoms with Crippen LogP contribution in [0.2, 0.25) is 0 Å². The number of urea groups is 1. The number of nitrogens with one attached hydrogen (secondary N) is 1. The number of nitrogen functional groups attached to an aromatic ring is 1. The van der Waals surface area contributed by atoms with Gasteiger partial charge in [0.05, 0.1) is 6.61 Å². The Bertz CT molecular complexity index is 607. The van der Waals surface area contributed by atoms with Crippen molar-refractivity contribution in [2.75, 3.05) is 12.3 Å². The molecule has 2 rings (SSSR count). The summed E-state index contributed by atoms with van der Waals surface area (Å²) in [6.07, 6.45) is -4.13. The number of hydrogen-bond donors (Lipinski definition) is 6. The van der Waals surface area contributed by atoms with Gasteiger partial charge in [0.1, 0.15) is 30.2 Å². The van der Waals surface area contributed by atoms with Crippen LogP contribution in [0, 0.1) is 0 Å². The highest BCUT2D eigenvalue weighted by molar-refractivity contribution is 5.72. The van der Waals surface area contributed by atoms with E-state index in [0.29, 0.717) is 0 Å². The molecule has 0 spiro atoms. The molecule has 8 N–H and O–H groups in total. The molecular formula is C11H17N5O6. The number of carbonyl (C=O) groups excluding carboxylic acids is 1. The Morgan fingerprint density at radius 1 is 1.45 bits per heavy atom. The SMILES string of the molecule is NC(=O)NC1C(O)C(O)C(CO)OC1n1ccc(N)nc1=O. The molecule has 1 aliphatic heterocycles. The van der Waals surface area contributed by atoms with Crippen LogP contribution in [0.25, 0.3) is 0 Å². The summed E-state index contributed by atoms with van der Waals surface area (Å²) >= 11 is 0. The van der Waals surface area contributed by atoms with Gasteiger partial charge in [0.25, 0.3) is 0 Å². The molecule has 22 heavy (non-hydrogen) atoms. The van der Waals surface area contributed by atoms with E-state index in [9.17, 15) is 24.9 Å². The Balaban J connectivity index is 2.42.